The molecular formula is C26H37NO14. The number of carbonyl (C=O) groups is 7. The molecule has 2 fully saturated rings. The Hall–Kier alpha value is -3.59. The zero-order valence-corrected chi connectivity index (χ0v) is 23.9. The van der Waals surface area contributed by atoms with Crippen molar-refractivity contribution in [1.29, 1.82) is 0 Å². The highest BCUT2D eigenvalue weighted by atomic mass is 16.6. The van der Waals surface area contributed by atoms with E-state index in [1.165, 1.54) is 0 Å². The van der Waals surface area contributed by atoms with Crippen LogP contribution in [0.3, 0.4) is 0 Å². The summed E-state index contributed by atoms with van der Waals surface area (Å²) in [7, 11) is 1.03. The molecule has 0 bridgehead atoms. The Kier molecular flexibility index (Phi) is 11.4. The van der Waals surface area contributed by atoms with E-state index >= 15 is 0 Å². The number of ether oxygens (including phenoxy) is 6. The van der Waals surface area contributed by atoms with E-state index < -0.39 is 90.4 Å². The number of carbonyl (C=O) groups excluding carboxylic acids is 7. The van der Waals surface area contributed by atoms with Crippen molar-refractivity contribution in [3.63, 3.8) is 0 Å². The maximum absolute atomic E-state index is 13.5. The van der Waals surface area contributed by atoms with Crippen molar-refractivity contribution in [2.24, 2.45) is 0 Å². The zero-order chi connectivity index (χ0) is 31.1. The van der Waals surface area contributed by atoms with E-state index in [4.69, 9.17) is 28.4 Å². The second-order valence-corrected chi connectivity index (χ2v) is 10.1. The van der Waals surface area contributed by atoms with E-state index in [0.717, 1.165) is 41.7 Å². The van der Waals surface area contributed by atoms with E-state index in [1.54, 1.807) is 0 Å². The van der Waals surface area contributed by atoms with Crippen LogP contribution in [0.25, 0.3) is 0 Å². The van der Waals surface area contributed by atoms with Gasteiger partial charge in [-0.1, -0.05) is 0 Å². The monoisotopic (exact) mass is 587 g/mol. The molecule has 0 aromatic rings. The molecule has 2 aliphatic rings. The molecule has 2 N–H and O–H groups in total. The second-order valence-electron chi connectivity index (χ2n) is 10.1. The molecule has 230 valence electrons. The van der Waals surface area contributed by atoms with Crippen molar-refractivity contribution in [1.82, 2.24) is 5.32 Å². The van der Waals surface area contributed by atoms with Crippen molar-refractivity contribution in [3.8, 4) is 0 Å². The Labute approximate surface area is 236 Å². The predicted octanol–water partition coefficient (Wildman–Crippen LogP) is -0.576. The van der Waals surface area contributed by atoms with Gasteiger partial charge < -0.3 is 38.8 Å². The predicted molar refractivity (Wildman–Crippen MR) is 134 cm³/mol. The van der Waals surface area contributed by atoms with Gasteiger partial charge in [-0.05, 0) is 12.8 Å². The smallest absolute Gasteiger partial charge is 0.341 e. The lowest BCUT2D eigenvalue weighted by atomic mass is 9.67. The first kappa shape index (κ1) is 33.6. The van der Waals surface area contributed by atoms with Gasteiger partial charge >= 0.3 is 29.8 Å². The lowest BCUT2D eigenvalue weighted by molar-refractivity contribution is -0.284. The first-order valence-corrected chi connectivity index (χ1v) is 13.0. The summed E-state index contributed by atoms with van der Waals surface area (Å²) in [6.45, 7) is 4.74. The maximum atomic E-state index is 13.5. The molecule has 15 nitrogen and oxygen atoms in total. The number of Topliss-reactive ketones (excluding diaryl/α,β-unsaturated/α-hetero) is 1. The molecule has 1 heterocycles. The molecule has 0 unspecified atom stereocenters. The summed E-state index contributed by atoms with van der Waals surface area (Å²) >= 11 is 0. The summed E-state index contributed by atoms with van der Waals surface area (Å²) in [6, 6.07) is -1.34. The van der Waals surface area contributed by atoms with Gasteiger partial charge in [-0.2, -0.15) is 0 Å². The van der Waals surface area contributed by atoms with Crippen molar-refractivity contribution >= 4 is 41.5 Å². The molecule has 2 rings (SSSR count). The van der Waals surface area contributed by atoms with Crippen LogP contribution in [-0.2, 0) is 62.0 Å². The molecule has 1 aliphatic heterocycles. The molecule has 6 atom stereocenters. The van der Waals surface area contributed by atoms with Gasteiger partial charge in [0.15, 0.2) is 17.8 Å². The van der Waals surface area contributed by atoms with Gasteiger partial charge in [0.25, 0.3) is 0 Å². The number of esters is 5. The first-order valence-electron chi connectivity index (χ1n) is 13.0. The minimum absolute atomic E-state index is 0.105. The SMILES string of the molecule is COC(=O)[C@@]1(C2(O)CCC(=O)CC2)C[C@H](OC(C)=O)[C@@H](NC(C)=O)[C@H]([C@H](OC(C)=O)[C@@H](COC(C)=O)OC(C)=O)O1. The van der Waals surface area contributed by atoms with Gasteiger partial charge in [0.2, 0.25) is 5.91 Å². The highest BCUT2D eigenvalue weighted by Gasteiger charge is 2.66. The Bertz CT molecular complexity index is 1050. The number of methoxy groups -OCH3 is 1. The maximum Gasteiger partial charge on any atom is 0.341 e. The lowest BCUT2D eigenvalue weighted by Crippen LogP contribution is -2.74. The minimum Gasteiger partial charge on any atom is -0.467 e. The van der Waals surface area contributed by atoms with Gasteiger partial charge in [-0.3, -0.25) is 28.8 Å². The fourth-order valence-electron chi connectivity index (χ4n) is 5.27. The Balaban J connectivity index is 2.82. The summed E-state index contributed by atoms with van der Waals surface area (Å²) < 4.78 is 32.6. The number of nitrogens with one attached hydrogen (secondary N) is 1. The van der Waals surface area contributed by atoms with Gasteiger partial charge in [-0.25, -0.2) is 4.79 Å². The number of amides is 1. The summed E-state index contributed by atoms with van der Waals surface area (Å²) in [5.74, 6) is -5.27. The van der Waals surface area contributed by atoms with Crippen molar-refractivity contribution in [3.05, 3.63) is 0 Å². The molecular weight excluding hydrogens is 550 g/mol. The van der Waals surface area contributed by atoms with E-state index in [9.17, 15) is 38.7 Å². The van der Waals surface area contributed by atoms with Crippen molar-refractivity contribution in [2.45, 2.75) is 108 Å². The molecule has 0 radical (unpaired) electrons. The average Bonchev–Trinajstić information content (AvgIpc) is 2.86. The van der Waals surface area contributed by atoms with Crippen molar-refractivity contribution in [2.75, 3.05) is 13.7 Å². The third-order valence-corrected chi connectivity index (χ3v) is 6.93. The van der Waals surface area contributed by atoms with Crippen LogP contribution in [0.5, 0.6) is 0 Å². The van der Waals surface area contributed by atoms with Crippen LogP contribution < -0.4 is 5.32 Å². The van der Waals surface area contributed by atoms with Crippen LogP contribution in [0.1, 0.15) is 66.7 Å². The van der Waals surface area contributed by atoms with E-state index in [1.807, 2.05) is 0 Å². The molecule has 0 aromatic carbocycles. The largest absolute Gasteiger partial charge is 0.467 e. The molecule has 1 amide bonds. The molecule has 0 spiro atoms. The number of hydrogen-bond acceptors (Lipinski definition) is 14. The third kappa shape index (κ3) is 8.22. The van der Waals surface area contributed by atoms with Crippen LogP contribution in [0, 0.1) is 0 Å². The molecule has 41 heavy (non-hydrogen) atoms. The fraction of sp³-hybridized carbons (Fsp3) is 0.731. The van der Waals surface area contributed by atoms with Gasteiger partial charge in [0.1, 0.15) is 30.2 Å². The number of aliphatic hydroxyl groups is 1. The normalized spacial score (nSPS) is 26.9. The van der Waals surface area contributed by atoms with Crippen LogP contribution >= 0.6 is 0 Å². The quantitative estimate of drug-likeness (QED) is 0.242. The van der Waals surface area contributed by atoms with Gasteiger partial charge in [-0.15, -0.1) is 0 Å². The number of ketones is 1. The topological polar surface area (TPSA) is 207 Å². The Morgan fingerprint density at radius 1 is 0.951 bits per heavy atom. The van der Waals surface area contributed by atoms with Crippen LogP contribution in [0.4, 0.5) is 0 Å². The van der Waals surface area contributed by atoms with Crippen LogP contribution in [-0.4, -0.2) is 102 Å². The lowest BCUT2D eigenvalue weighted by Gasteiger charge is -2.54. The summed E-state index contributed by atoms with van der Waals surface area (Å²) in [6.07, 6.45) is -7.49. The summed E-state index contributed by atoms with van der Waals surface area (Å²) in [5.41, 5.74) is -4.36. The highest BCUT2D eigenvalue weighted by Crippen LogP contribution is 2.47. The molecule has 15 heteroatoms. The highest BCUT2D eigenvalue weighted by molar-refractivity contribution is 5.84. The Morgan fingerprint density at radius 3 is 2.00 bits per heavy atom. The van der Waals surface area contributed by atoms with Gasteiger partial charge in [0, 0.05) is 53.9 Å². The molecule has 1 saturated heterocycles. The molecule has 1 saturated carbocycles. The standard InChI is InChI=1S/C26H37NO14/c1-13(28)27-21-19(38-15(3)30)11-26(24(34)36-6,25(35)9-7-18(33)8-10-25)41-23(21)22(40-17(5)32)20(39-16(4)31)12-37-14(2)29/h19-23,35H,7-12H2,1-6H3,(H,27,28)/t19-,20+,21+,22+,23+,26+/m0/s1. The van der Waals surface area contributed by atoms with Crippen molar-refractivity contribution < 1.29 is 67.1 Å². The van der Waals surface area contributed by atoms with Crippen LogP contribution in [0.15, 0.2) is 0 Å². The zero-order valence-electron chi connectivity index (χ0n) is 23.9. The third-order valence-electron chi connectivity index (χ3n) is 6.93. The molecule has 0 aromatic heterocycles. The number of hydrogen-bond donors (Lipinski definition) is 2. The fourth-order valence-corrected chi connectivity index (χ4v) is 5.27. The number of rotatable bonds is 10. The molecule has 1 aliphatic carbocycles. The minimum atomic E-state index is -2.32. The first-order chi connectivity index (χ1) is 19.0. The van der Waals surface area contributed by atoms with Crippen LogP contribution in [0.2, 0.25) is 0 Å². The summed E-state index contributed by atoms with van der Waals surface area (Å²) in [4.78, 5) is 86.0. The van der Waals surface area contributed by atoms with E-state index in [2.05, 4.69) is 5.32 Å². The average molecular weight is 588 g/mol. The van der Waals surface area contributed by atoms with E-state index in [-0.39, 0.29) is 31.5 Å². The Morgan fingerprint density at radius 2 is 1.54 bits per heavy atom. The van der Waals surface area contributed by atoms with Gasteiger partial charge in [0.05, 0.1) is 13.2 Å². The summed E-state index contributed by atoms with van der Waals surface area (Å²) in [5, 5.41) is 14.4. The second kappa shape index (κ2) is 13.9. The van der Waals surface area contributed by atoms with E-state index in [0.29, 0.717) is 0 Å².